The molecule has 2 amide bonds. The molecule has 4 aromatic rings. The highest BCUT2D eigenvalue weighted by molar-refractivity contribution is 6.07. The van der Waals surface area contributed by atoms with Crippen LogP contribution in [-0.4, -0.2) is 39.1 Å². The molecule has 0 aliphatic rings. The van der Waals surface area contributed by atoms with Crippen molar-refractivity contribution in [3.05, 3.63) is 84.1 Å². The number of fused-ring (bicyclic) bond motifs is 1. The molecule has 0 bridgehead atoms. The SMILES string of the molecule is CN(C)c1c(C(=O)NCCOc2ccc(C(=O)Nc3ccccc3N)cc2)oc2ccccc12. The molecule has 4 rings (SSSR count). The summed E-state index contributed by atoms with van der Waals surface area (Å²) in [5, 5.41) is 6.49. The number of nitrogens with one attached hydrogen (secondary N) is 2. The molecule has 34 heavy (non-hydrogen) atoms. The third-order valence-electron chi connectivity index (χ3n) is 5.20. The normalized spacial score (nSPS) is 10.6. The molecule has 0 unspecified atom stereocenters. The van der Waals surface area contributed by atoms with Gasteiger partial charge in [0, 0.05) is 25.0 Å². The lowest BCUT2D eigenvalue weighted by Crippen LogP contribution is -2.29. The fourth-order valence-electron chi connectivity index (χ4n) is 3.55. The Morgan fingerprint density at radius 3 is 2.38 bits per heavy atom. The second-order valence-corrected chi connectivity index (χ2v) is 7.84. The van der Waals surface area contributed by atoms with E-state index in [-0.39, 0.29) is 30.7 Å². The highest BCUT2D eigenvalue weighted by Gasteiger charge is 2.21. The molecule has 0 saturated carbocycles. The number of hydrogen-bond donors (Lipinski definition) is 3. The van der Waals surface area contributed by atoms with Gasteiger partial charge in [-0.25, -0.2) is 0 Å². The number of furan rings is 1. The molecule has 1 aromatic heterocycles. The predicted molar refractivity (Wildman–Crippen MR) is 134 cm³/mol. The van der Waals surface area contributed by atoms with Gasteiger partial charge in [0.1, 0.15) is 17.9 Å². The minimum atomic E-state index is -0.310. The first-order chi connectivity index (χ1) is 16.4. The van der Waals surface area contributed by atoms with E-state index < -0.39 is 0 Å². The van der Waals surface area contributed by atoms with E-state index in [2.05, 4.69) is 10.6 Å². The van der Waals surface area contributed by atoms with Crippen molar-refractivity contribution in [3.63, 3.8) is 0 Å². The zero-order chi connectivity index (χ0) is 24.1. The van der Waals surface area contributed by atoms with Crippen LogP contribution in [0.1, 0.15) is 20.9 Å². The number of amides is 2. The quantitative estimate of drug-likeness (QED) is 0.270. The Morgan fingerprint density at radius 1 is 0.941 bits per heavy atom. The van der Waals surface area contributed by atoms with Crippen LogP contribution in [0, 0.1) is 0 Å². The van der Waals surface area contributed by atoms with Gasteiger partial charge in [0.2, 0.25) is 5.76 Å². The number of para-hydroxylation sites is 3. The first-order valence-corrected chi connectivity index (χ1v) is 10.8. The Hall–Kier alpha value is -4.46. The van der Waals surface area contributed by atoms with Crippen molar-refractivity contribution in [2.45, 2.75) is 0 Å². The van der Waals surface area contributed by atoms with Crippen LogP contribution >= 0.6 is 0 Å². The average Bonchev–Trinajstić information content (AvgIpc) is 3.23. The molecule has 0 spiro atoms. The van der Waals surface area contributed by atoms with E-state index in [1.165, 1.54) is 0 Å². The minimum Gasteiger partial charge on any atom is -0.492 e. The maximum Gasteiger partial charge on any atom is 0.289 e. The Balaban J connectivity index is 1.30. The van der Waals surface area contributed by atoms with Crippen molar-refractivity contribution in [3.8, 4) is 5.75 Å². The molecular weight excluding hydrogens is 432 g/mol. The lowest BCUT2D eigenvalue weighted by atomic mass is 10.2. The van der Waals surface area contributed by atoms with E-state index in [4.69, 9.17) is 14.9 Å². The van der Waals surface area contributed by atoms with Crippen molar-refractivity contribution < 1.29 is 18.7 Å². The highest BCUT2D eigenvalue weighted by atomic mass is 16.5. The van der Waals surface area contributed by atoms with Crippen LogP contribution in [0.5, 0.6) is 5.75 Å². The van der Waals surface area contributed by atoms with E-state index in [1.54, 1.807) is 48.5 Å². The van der Waals surface area contributed by atoms with E-state index in [1.807, 2.05) is 43.3 Å². The molecule has 8 heteroatoms. The summed E-state index contributed by atoms with van der Waals surface area (Å²) in [4.78, 5) is 27.0. The van der Waals surface area contributed by atoms with E-state index >= 15 is 0 Å². The molecule has 0 fully saturated rings. The Kier molecular flexibility index (Phi) is 6.68. The lowest BCUT2D eigenvalue weighted by molar-refractivity contribution is 0.0921. The van der Waals surface area contributed by atoms with Gasteiger partial charge in [-0.05, 0) is 48.5 Å². The van der Waals surface area contributed by atoms with E-state index in [9.17, 15) is 9.59 Å². The fourth-order valence-corrected chi connectivity index (χ4v) is 3.55. The number of carbonyl (C=O) groups excluding carboxylic acids is 2. The van der Waals surface area contributed by atoms with Gasteiger partial charge in [0.15, 0.2) is 0 Å². The van der Waals surface area contributed by atoms with E-state index in [0.29, 0.717) is 28.3 Å². The Morgan fingerprint density at radius 2 is 1.65 bits per heavy atom. The number of benzene rings is 3. The third kappa shape index (κ3) is 4.96. The first-order valence-electron chi connectivity index (χ1n) is 10.8. The van der Waals surface area contributed by atoms with Crippen molar-refractivity contribution in [2.24, 2.45) is 0 Å². The number of hydrogen-bond acceptors (Lipinski definition) is 6. The largest absolute Gasteiger partial charge is 0.492 e. The molecule has 1 heterocycles. The van der Waals surface area contributed by atoms with Gasteiger partial charge in [-0.1, -0.05) is 24.3 Å². The fraction of sp³-hybridized carbons (Fsp3) is 0.154. The molecule has 0 aliphatic carbocycles. The summed E-state index contributed by atoms with van der Waals surface area (Å²) in [6, 6.07) is 21.3. The molecule has 174 valence electrons. The van der Waals surface area contributed by atoms with Gasteiger partial charge >= 0.3 is 0 Å². The number of anilines is 3. The molecular formula is C26H26N4O4. The molecule has 0 atom stereocenters. The lowest BCUT2D eigenvalue weighted by Gasteiger charge is -2.13. The van der Waals surface area contributed by atoms with Crippen LogP contribution in [-0.2, 0) is 0 Å². The van der Waals surface area contributed by atoms with Crippen molar-refractivity contribution >= 4 is 39.8 Å². The van der Waals surface area contributed by atoms with Crippen LogP contribution in [0.4, 0.5) is 17.1 Å². The number of ether oxygens (including phenoxy) is 1. The molecule has 0 aliphatic heterocycles. The predicted octanol–water partition coefficient (Wildman–Crippen LogP) is 4.14. The summed E-state index contributed by atoms with van der Waals surface area (Å²) >= 11 is 0. The Bertz CT molecular complexity index is 1310. The highest BCUT2D eigenvalue weighted by Crippen LogP contribution is 2.32. The molecule has 8 nitrogen and oxygen atoms in total. The van der Waals surface area contributed by atoms with Crippen LogP contribution < -0.4 is 26.0 Å². The van der Waals surface area contributed by atoms with Crippen LogP contribution in [0.25, 0.3) is 11.0 Å². The molecule has 4 N–H and O–H groups in total. The molecule has 3 aromatic carbocycles. The summed E-state index contributed by atoms with van der Waals surface area (Å²) in [6.07, 6.45) is 0. The number of nitrogens with zero attached hydrogens (tertiary/aromatic N) is 1. The van der Waals surface area contributed by atoms with Crippen molar-refractivity contribution in [2.75, 3.05) is 43.2 Å². The monoisotopic (exact) mass is 458 g/mol. The maximum absolute atomic E-state index is 12.7. The van der Waals surface area contributed by atoms with Gasteiger partial charge in [0.05, 0.1) is 23.6 Å². The number of nitrogens with two attached hydrogens (primary N) is 1. The zero-order valence-electron chi connectivity index (χ0n) is 19.0. The number of nitrogen functional groups attached to an aromatic ring is 1. The van der Waals surface area contributed by atoms with Crippen LogP contribution in [0.3, 0.4) is 0 Å². The minimum absolute atomic E-state index is 0.259. The summed E-state index contributed by atoms with van der Waals surface area (Å²) < 4.78 is 11.5. The topological polar surface area (TPSA) is 110 Å². The standard InChI is InChI=1S/C26H26N4O4/c1-30(2)23-19-7-3-6-10-22(19)34-24(23)26(32)28-15-16-33-18-13-11-17(12-14-18)25(31)29-21-9-5-4-8-20(21)27/h3-14H,15-16,27H2,1-2H3,(H,28,32)(H,29,31). The van der Waals surface area contributed by atoms with Gasteiger partial charge in [-0.15, -0.1) is 0 Å². The van der Waals surface area contributed by atoms with Gasteiger partial charge in [-0.3, -0.25) is 9.59 Å². The number of rotatable bonds is 8. The van der Waals surface area contributed by atoms with Crippen molar-refractivity contribution in [1.82, 2.24) is 5.32 Å². The summed E-state index contributed by atoms with van der Waals surface area (Å²) in [5.41, 5.74) is 8.80. The molecule has 0 saturated heterocycles. The van der Waals surface area contributed by atoms with Gasteiger partial charge in [0.25, 0.3) is 11.8 Å². The number of carbonyl (C=O) groups is 2. The van der Waals surface area contributed by atoms with Gasteiger partial charge in [-0.2, -0.15) is 0 Å². The average molecular weight is 459 g/mol. The summed E-state index contributed by atoms with van der Waals surface area (Å²) in [6.45, 7) is 0.549. The van der Waals surface area contributed by atoms with Gasteiger partial charge < -0.3 is 30.4 Å². The maximum atomic E-state index is 12.7. The van der Waals surface area contributed by atoms with Crippen LogP contribution in [0.2, 0.25) is 0 Å². The first kappa shape index (κ1) is 22.7. The summed E-state index contributed by atoms with van der Waals surface area (Å²) in [5.74, 6) is 0.276. The summed E-state index contributed by atoms with van der Waals surface area (Å²) in [7, 11) is 3.74. The second-order valence-electron chi connectivity index (χ2n) is 7.84. The van der Waals surface area contributed by atoms with E-state index in [0.717, 1.165) is 11.1 Å². The smallest absolute Gasteiger partial charge is 0.289 e. The van der Waals surface area contributed by atoms with Crippen molar-refractivity contribution in [1.29, 1.82) is 0 Å². The van der Waals surface area contributed by atoms with Crippen LogP contribution in [0.15, 0.2) is 77.2 Å². The third-order valence-corrected chi connectivity index (χ3v) is 5.20. The zero-order valence-corrected chi connectivity index (χ0v) is 19.0. The molecule has 0 radical (unpaired) electrons. The Labute approximate surface area is 197 Å². The second kappa shape index (κ2) is 9.99.